The van der Waals surface area contributed by atoms with Gasteiger partial charge in [0.15, 0.2) is 0 Å². The van der Waals surface area contributed by atoms with Crippen LogP contribution in [0.2, 0.25) is 10.0 Å². The molecule has 1 aromatic carbocycles. The van der Waals surface area contributed by atoms with Gasteiger partial charge < -0.3 is 5.11 Å². The van der Waals surface area contributed by atoms with Crippen LogP contribution >= 0.6 is 34.5 Å². The number of thiophene rings is 1. The molecule has 2 N–H and O–H groups in total. The van der Waals surface area contributed by atoms with Crippen LogP contribution in [-0.2, 0) is 10.0 Å². The lowest BCUT2D eigenvalue weighted by atomic mass is 10.0. The van der Waals surface area contributed by atoms with Crippen molar-refractivity contribution in [3.8, 4) is 0 Å². The van der Waals surface area contributed by atoms with E-state index in [-0.39, 0.29) is 29.0 Å². The van der Waals surface area contributed by atoms with E-state index in [0.717, 1.165) is 4.88 Å². The molecule has 2 aromatic rings. The Morgan fingerprint density at radius 2 is 2.00 bits per heavy atom. The maximum absolute atomic E-state index is 12.3. The van der Waals surface area contributed by atoms with Crippen LogP contribution in [0.15, 0.2) is 40.6 Å². The first kappa shape index (κ1) is 18.7. The van der Waals surface area contributed by atoms with Crippen LogP contribution in [0.4, 0.5) is 0 Å². The zero-order valence-corrected chi connectivity index (χ0v) is 15.4. The molecule has 126 valence electrons. The minimum absolute atomic E-state index is 0.0264. The third-order valence-corrected chi connectivity index (χ3v) is 6.60. The van der Waals surface area contributed by atoms with Gasteiger partial charge in [0.05, 0.1) is 5.02 Å². The molecule has 0 aliphatic heterocycles. The van der Waals surface area contributed by atoms with Crippen LogP contribution in [0.5, 0.6) is 0 Å². The first-order valence-corrected chi connectivity index (χ1v) is 10.1. The summed E-state index contributed by atoms with van der Waals surface area (Å²) in [5.74, 6) is 0.123. The van der Waals surface area contributed by atoms with Crippen molar-refractivity contribution in [2.24, 2.45) is 0 Å². The summed E-state index contributed by atoms with van der Waals surface area (Å²) in [5, 5.41) is 11.6. The Kier molecular flexibility index (Phi) is 6.88. The van der Waals surface area contributed by atoms with Crippen LogP contribution in [0.25, 0.3) is 0 Å². The van der Waals surface area contributed by atoms with Gasteiger partial charge >= 0.3 is 0 Å². The van der Waals surface area contributed by atoms with Gasteiger partial charge in [-0.25, -0.2) is 13.1 Å². The highest BCUT2D eigenvalue weighted by Crippen LogP contribution is 2.28. The highest BCUT2D eigenvalue weighted by atomic mass is 35.5. The molecule has 1 atom stereocenters. The van der Waals surface area contributed by atoms with E-state index in [2.05, 4.69) is 4.72 Å². The maximum Gasteiger partial charge on any atom is 0.242 e. The van der Waals surface area contributed by atoms with Crippen LogP contribution in [-0.4, -0.2) is 26.7 Å². The molecule has 0 aliphatic rings. The van der Waals surface area contributed by atoms with Crippen LogP contribution in [0, 0.1) is 0 Å². The standard InChI is InChI=1S/C15H17Cl2NO3S2/c16-12-3-4-13(17)15(10-12)23(20,21)18-7-5-11(6-8-19)14-2-1-9-22-14/h1-4,9-11,18-19H,5-8H2/t11-/m0/s1. The first-order valence-electron chi connectivity index (χ1n) is 7.03. The molecule has 0 amide bonds. The minimum atomic E-state index is -3.72. The lowest BCUT2D eigenvalue weighted by molar-refractivity contribution is 0.273. The summed E-state index contributed by atoms with van der Waals surface area (Å²) in [7, 11) is -3.72. The molecule has 1 aromatic heterocycles. The fourth-order valence-electron chi connectivity index (χ4n) is 2.24. The first-order chi connectivity index (χ1) is 10.9. The Morgan fingerprint density at radius 3 is 2.65 bits per heavy atom. The Balaban J connectivity index is 2.02. The van der Waals surface area contributed by atoms with Crippen LogP contribution < -0.4 is 4.72 Å². The van der Waals surface area contributed by atoms with Crippen LogP contribution in [0.1, 0.15) is 23.6 Å². The number of rotatable bonds is 8. The van der Waals surface area contributed by atoms with Gasteiger partial charge in [0, 0.05) is 23.1 Å². The van der Waals surface area contributed by atoms with Gasteiger partial charge in [0.25, 0.3) is 0 Å². The van der Waals surface area contributed by atoms with Gasteiger partial charge in [-0.05, 0) is 48.4 Å². The van der Waals surface area contributed by atoms with Crippen molar-refractivity contribution < 1.29 is 13.5 Å². The molecule has 0 bridgehead atoms. The van der Waals surface area contributed by atoms with E-state index in [1.165, 1.54) is 18.2 Å². The van der Waals surface area contributed by atoms with E-state index >= 15 is 0 Å². The average molecular weight is 394 g/mol. The van der Waals surface area contributed by atoms with Gasteiger partial charge in [-0.2, -0.15) is 0 Å². The van der Waals surface area contributed by atoms with Gasteiger partial charge in [-0.1, -0.05) is 29.3 Å². The second-order valence-corrected chi connectivity index (χ2v) is 8.54. The molecule has 0 aliphatic carbocycles. The molecule has 23 heavy (non-hydrogen) atoms. The van der Waals surface area contributed by atoms with E-state index in [9.17, 15) is 13.5 Å². The number of benzene rings is 1. The number of nitrogens with one attached hydrogen (secondary N) is 1. The second-order valence-electron chi connectivity index (χ2n) is 4.99. The van der Waals surface area contributed by atoms with Crippen molar-refractivity contribution in [1.82, 2.24) is 4.72 Å². The largest absolute Gasteiger partial charge is 0.396 e. The summed E-state index contributed by atoms with van der Waals surface area (Å²) in [6, 6.07) is 8.26. The molecule has 4 nitrogen and oxygen atoms in total. The van der Waals surface area contributed by atoms with Gasteiger partial charge in [0.1, 0.15) is 4.90 Å². The highest BCUT2D eigenvalue weighted by molar-refractivity contribution is 7.89. The second kappa shape index (κ2) is 8.46. The molecule has 0 fully saturated rings. The quantitative estimate of drug-likeness (QED) is 0.714. The SMILES string of the molecule is O=S(=O)(NCC[C@@H](CCO)c1cccs1)c1cc(Cl)ccc1Cl. The molecule has 0 spiro atoms. The van der Waals surface area contributed by atoms with E-state index < -0.39 is 10.0 Å². The zero-order chi connectivity index (χ0) is 16.9. The average Bonchev–Trinajstić information content (AvgIpc) is 3.03. The molecule has 1 heterocycles. The number of aliphatic hydroxyl groups is 1. The summed E-state index contributed by atoms with van der Waals surface area (Å²) in [6.45, 7) is 0.323. The van der Waals surface area contributed by atoms with Gasteiger partial charge in [-0.15, -0.1) is 11.3 Å². The van der Waals surface area contributed by atoms with E-state index in [1.54, 1.807) is 11.3 Å². The number of hydrogen-bond donors (Lipinski definition) is 2. The Labute approximate surface area is 150 Å². The summed E-state index contributed by atoms with van der Waals surface area (Å²) >= 11 is 13.4. The highest BCUT2D eigenvalue weighted by Gasteiger charge is 2.19. The normalized spacial score (nSPS) is 13.2. The molecular formula is C15H17Cl2NO3S2. The van der Waals surface area contributed by atoms with Crippen molar-refractivity contribution in [1.29, 1.82) is 0 Å². The lowest BCUT2D eigenvalue weighted by Gasteiger charge is -2.15. The van der Waals surface area contributed by atoms with Crippen molar-refractivity contribution in [3.05, 3.63) is 50.6 Å². The Bertz CT molecular complexity index is 733. The summed E-state index contributed by atoms with van der Waals surface area (Å²) in [6.07, 6.45) is 1.19. The number of hydrogen-bond acceptors (Lipinski definition) is 4. The van der Waals surface area contributed by atoms with Gasteiger partial charge in [-0.3, -0.25) is 0 Å². The number of aliphatic hydroxyl groups excluding tert-OH is 1. The Hall–Kier alpha value is -0.630. The summed E-state index contributed by atoms with van der Waals surface area (Å²) < 4.78 is 27.2. The zero-order valence-electron chi connectivity index (χ0n) is 12.2. The summed E-state index contributed by atoms with van der Waals surface area (Å²) in [5.41, 5.74) is 0. The van der Waals surface area contributed by atoms with Crippen molar-refractivity contribution in [2.45, 2.75) is 23.7 Å². The van der Waals surface area contributed by atoms with E-state index in [0.29, 0.717) is 17.9 Å². The van der Waals surface area contributed by atoms with Crippen molar-refractivity contribution >= 4 is 44.6 Å². The topological polar surface area (TPSA) is 66.4 Å². The van der Waals surface area contributed by atoms with E-state index in [4.69, 9.17) is 23.2 Å². The third kappa shape index (κ3) is 5.17. The monoisotopic (exact) mass is 393 g/mol. The fraction of sp³-hybridized carbons (Fsp3) is 0.333. The molecule has 0 unspecified atom stereocenters. The molecule has 2 rings (SSSR count). The molecule has 0 saturated heterocycles. The van der Waals surface area contributed by atoms with Crippen LogP contribution in [0.3, 0.4) is 0 Å². The maximum atomic E-state index is 12.3. The minimum Gasteiger partial charge on any atom is -0.396 e. The van der Waals surface area contributed by atoms with E-state index in [1.807, 2.05) is 17.5 Å². The van der Waals surface area contributed by atoms with Crippen molar-refractivity contribution in [2.75, 3.05) is 13.2 Å². The smallest absolute Gasteiger partial charge is 0.242 e. The molecule has 0 saturated carbocycles. The number of halogens is 2. The van der Waals surface area contributed by atoms with Crippen molar-refractivity contribution in [3.63, 3.8) is 0 Å². The Morgan fingerprint density at radius 1 is 1.22 bits per heavy atom. The predicted octanol–water partition coefficient (Wildman–Crippen LogP) is 3.89. The molecule has 8 heteroatoms. The summed E-state index contributed by atoms with van der Waals surface area (Å²) in [4.78, 5) is 1.11. The fourth-order valence-corrected chi connectivity index (χ4v) is 4.94. The lowest BCUT2D eigenvalue weighted by Crippen LogP contribution is -2.26. The van der Waals surface area contributed by atoms with Gasteiger partial charge in [0.2, 0.25) is 10.0 Å². The molecular weight excluding hydrogens is 377 g/mol. The number of sulfonamides is 1. The predicted molar refractivity (Wildman–Crippen MR) is 95.0 cm³/mol. The third-order valence-electron chi connectivity index (χ3n) is 3.39. The molecule has 0 radical (unpaired) electrons.